The Kier molecular flexibility index (Phi) is 4.72. The normalized spacial score (nSPS) is 11.8. The van der Waals surface area contributed by atoms with Crippen molar-refractivity contribution in [3.8, 4) is 17.3 Å². The van der Waals surface area contributed by atoms with Gasteiger partial charge in [-0.3, -0.25) is 9.48 Å². The second-order valence-corrected chi connectivity index (χ2v) is 8.00. The van der Waals surface area contributed by atoms with Crippen LogP contribution in [-0.4, -0.2) is 39.8 Å². The molecular weight excluding hydrogens is 382 g/mol. The molecule has 0 aliphatic heterocycles. The van der Waals surface area contributed by atoms with Gasteiger partial charge in [-0.05, 0) is 19.4 Å². The Balaban J connectivity index is 2.33. The largest absolute Gasteiger partial charge is 0.477 e. The van der Waals surface area contributed by atoms with Gasteiger partial charge in [0.25, 0.3) is 14.6 Å². The zero-order valence-electron chi connectivity index (χ0n) is 14.3. The highest BCUT2D eigenvalue weighted by Gasteiger charge is 2.20. The van der Waals surface area contributed by atoms with Crippen LogP contribution in [0.3, 0.4) is 0 Å². The number of hydrogen-bond acceptors (Lipinski definition) is 7. The first-order valence-electron chi connectivity index (χ1n) is 7.80. The van der Waals surface area contributed by atoms with E-state index in [2.05, 4.69) is 20.1 Å². The quantitative estimate of drug-likeness (QED) is 0.649. The maximum Gasteiger partial charge on any atom is 0.279 e. The number of aromatic nitrogens is 5. The molecule has 138 valence electrons. The van der Waals surface area contributed by atoms with Gasteiger partial charge in [0.1, 0.15) is 16.2 Å². The Hall–Kier alpha value is -2.46. The Labute approximate surface area is 153 Å². The summed E-state index contributed by atoms with van der Waals surface area (Å²) in [5.74, 6) is 0.268. The fraction of sp³-hybridized carbons (Fsp3) is 0.333. The van der Waals surface area contributed by atoms with E-state index in [4.69, 9.17) is 15.4 Å². The highest BCUT2D eigenvalue weighted by molar-refractivity contribution is 8.13. The lowest BCUT2D eigenvalue weighted by Gasteiger charge is -2.09. The molecule has 11 heteroatoms. The van der Waals surface area contributed by atoms with Crippen LogP contribution in [0.25, 0.3) is 22.4 Å². The summed E-state index contributed by atoms with van der Waals surface area (Å²) in [5.41, 5.74) is 1.20. The summed E-state index contributed by atoms with van der Waals surface area (Å²) < 4.78 is 30.3. The molecule has 0 aromatic carbocycles. The Bertz CT molecular complexity index is 1150. The van der Waals surface area contributed by atoms with Crippen LogP contribution in [-0.2, 0) is 22.5 Å². The van der Waals surface area contributed by atoms with Gasteiger partial charge in [-0.2, -0.15) is 5.10 Å². The lowest BCUT2D eigenvalue weighted by molar-refractivity contribution is 0.327. The zero-order chi connectivity index (χ0) is 19.1. The third-order valence-corrected chi connectivity index (χ3v) is 5.11. The second kappa shape index (κ2) is 6.69. The monoisotopic (exact) mass is 397 g/mol. The highest BCUT2D eigenvalue weighted by Crippen LogP contribution is 2.29. The van der Waals surface area contributed by atoms with E-state index in [-0.39, 0.29) is 27.7 Å². The molecule has 0 fully saturated rings. The van der Waals surface area contributed by atoms with Crippen molar-refractivity contribution < 1.29 is 13.2 Å². The van der Waals surface area contributed by atoms with Crippen molar-refractivity contribution in [2.24, 2.45) is 7.05 Å². The molecule has 0 saturated carbocycles. The molecule has 9 nitrogen and oxygen atoms in total. The highest BCUT2D eigenvalue weighted by atomic mass is 35.7. The summed E-state index contributed by atoms with van der Waals surface area (Å²) in [6, 6.07) is 1.27. The molecule has 0 aliphatic carbocycles. The molecule has 0 saturated heterocycles. The molecule has 1 N–H and O–H groups in total. The second-order valence-electron chi connectivity index (χ2n) is 5.43. The van der Waals surface area contributed by atoms with Crippen molar-refractivity contribution in [1.29, 1.82) is 0 Å². The number of hydrogen-bond donors (Lipinski definition) is 1. The Morgan fingerprint density at radius 3 is 2.65 bits per heavy atom. The number of fused-ring (bicyclic) bond motifs is 1. The molecule has 3 rings (SSSR count). The van der Waals surface area contributed by atoms with E-state index < -0.39 is 14.6 Å². The van der Waals surface area contributed by atoms with Crippen LogP contribution in [0, 0.1) is 0 Å². The van der Waals surface area contributed by atoms with Gasteiger partial charge in [-0.25, -0.2) is 18.4 Å². The first-order chi connectivity index (χ1) is 12.3. The van der Waals surface area contributed by atoms with E-state index in [0.717, 1.165) is 11.9 Å². The number of halogens is 1. The summed E-state index contributed by atoms with van der Waals surface area (Å²) in [7, 11) is 3.13. The molecule has 0 radical (unpaired) electrons. The topological polar surface area (TPSA) is 120 Å². The minimum Gasteiger partial charge on any atom is -0.477 e. The minimum atomic E-state index is -4.01. The molecule has 3 aromatic heterocycles. The summed E-state index contributed by atoms with van der Waals surface area (Å²) in [6.45, 7) is 3.98. The maximum atomic E-state index is 12.4. The van der Waals surface area contributed by atoms with Gasteiger partial charge in [-0.15, -0.1) is 0 Å². The van der Waals surface area contributed by atoms with Gasteiger partial charge in [0.05, 0.1) is 24.1 Å². The molecule has 0 unspecified atom stereocenters. The predicted molar refractivity (Wildman–Crippen MR) is 95.9 cm³/mol. The summed E-state index contributed by atoms with van der Waals surface area (Å²) in [5, 5.41) is 4.18. The number of aryl methyl sites for hydroxylation is 2. The van der Waals surface area contributed by atoms with Gasteiger partial charge in [0.2, 0.25) is 5.88 Å². The van der Waals surface area contributed by atoms with Crippen LogP contribution in [0.1, 0.15) is 19.5 Å². The van der Waals surface area contributed by atoms with Crippen molar-refractivity contribution in [3.63, 3.8) is 0 Å². The Morgan fingerprint density at radius 1 is 1.31 bits per heavy atom. The predicted octanol–water partition coefficient (Wildman–Crippen LogP) is 1.61. The Morgan fingerprint density at radius 2 is 2.04 bits per heavy atom. The van der Waals surface area contributed by atoms with Crippen LogP contribution in [0.2, 0.25) is 0 Å². The van der Waals surface area contributed by atoms with E-state index >= 15 is 0 Å². The fourth-order valence-electron chi connectivity index (χ4n) is 2.64. The molecule has 0 atom stereocenters. The van der Waals surface area contributed by atoms with E-state index in [1.165, 1.54) is 6.07 Å². The van der Waals surface area contributed by atoms with Gasteiger partial charge < -0.3 is 9.72 Å². The van der Waals surface area contributed by atoms with Gasteiger partial charge >= 0.3 is 0 Å². The van der Waals surface area contributed by atoms with Gasteiger partial charge in [0, 0.05) is 17.7 Å². The van der Waals surface area contributed by atoms with E-state index in [9.17, 15) is 13.2 Å². The third kappa shape index (κ3) is 3.17. The zero-order valence-corrected chi connectivity index (χ0v) is 15.8. The van der Waals surface area contributed by atoms with Crippen LogP contribution in [0.15, 0.2) is 22.0 Å². The minimum absolute atomic E-state index is 0.128. The van der Waals surface area contributed by atoms with Crippen LogP contribution in [0.4, 0.5) is 0 Å². The number of ether oxygens (including phenoxy) is 1. The number of H-pyrrole nitrogens is 1. The average molecular weight is 398 g/mol. The molecule has 3 aromatic rings. The molecule has 0 amide bonds. The van der Waals surface area contributed by atoms with Crippen LogP contribution >= 0.6 is 10.7 Å². The maximum absolute atomic E-state index is 12.4. The lowest BCUT2D eigenvalue weighted by Crippen LogP contribution is -2.11. The average Bonchev–Trinajstić information content (AvgIpc) is 2.90. The van der Waals surface area contributed by atoms with Gasteiger partial charge in [-0.1, -0.05) is 6.92 Å². The number of nitrogens with one attached hydrogen (secondary N) is 1. The first kappa shape index (κ1) is 18.3. The smallest absolute Gasteiger partial charge is 0.279 e. The molecular formula is C15H16ClN5O4S. The lowest BCUT2D eigenvalue weighted by atomic mass is 10.2. The number of nitrogens with zero attached hydrogens (tertiary/aromatic N) is 4. The van der Waals surface area contributed by atoms with Gasteiger partial charge in [0.15, 0.2) is 5.52 Å². The molecule has 3 heterocycles. The first-order valence-corrected chi connectivity index (χ1v) is 10.1. The number of rotatable bonds is 5. The van der Waals surface area contributed by atoms with Crippen molar-refractivity contribution >= 4 is 30.8 Å². The van der Waals surface area contributed by atoms with Crippen LogP contribution < -0.4 is 10.3 Å². The van der Waals surface area contributed by atoms with E-state index in [1.54, 1.807) is 18.7 Å². The van der Waals surface area contributed by atoms with Crippen molar-refractivity contribution in [1.82, 2.24) is 24.7 Å². The standard InChI is InChI=1S/C15H16ClN5O4S/c1-4-10-11-12(20-21(10)3)14(22)19-13(18-11)9-6-8(26(16,23)24)7-17-15(9)25-5-2/h6-7H,4-5H2,1-3H3,(H,18,19,22). The van der Waals surface area contributed by atoms with E-state index in [1.807, 2.05) is 6.92 Å². The summed E-state index contributed by atoms with van der Waals surface area (Å²) in [4.78, 5) is 23.3. The van der Waals surface area contributed by atoms with Crippen LogP contribution in [0.5, 0.6) is 5.88 Å². The fourth-order valence-corrected chi connectivity index (χ4v) is 3.33. The SMILES string of the molecule is CCOc1ncc(S(=O)(=O)Cl)cc1-c1nc2c(CC)n(C)nc2c(=O)[nH]1. The molecule has 0 aliphatic rings. The third-order valence-electron chi connectivity index (χ3n) is 3.79. The molecule has 0 bridgehead atoms. The van der Waals surface area contributed by atoms with Crippen molar-refractivity contribution in [2.45, 2.75) is 25.2 Å². The van der Waals surface area contributed by atoms with Crippen molar-refractivity contribution in [2.75, 3.05) is 6.61 Å². The van der Waals surface area contributed by atoms with Crippen molar-refractivity contribution in [3.05, 3.63) is 28.3 Å². The summed E-state index contributed by atoms with van der Waals surface area (Å²) in [6.07, 6.45) is 1.71. The number of pyridine rings is 1. The molecule has 0 spiro atoms. The molecule has 26 heavy (non-hydrogen) atoms. The van der Waals surface area contributed by atoms with E-state index in [0.29, 0.717) is 18.5 Å². The summed E-state index contributed by atoms with van der Waals surface area (Å²) >= 11 is 0. The number of aromatic amines is 1.